The molecule has 3 rings (SSSR count). The zero-order chi connectivity index (χ0) is 16.6. The van der Waals surface area contributed by atoms with Crippen LogP contribution in [0.5, 0.6) is 0 Å². The molecular formula is C18H20N2O2S. The standard InChI is InChI=1S/C18H20N2O2S/c1-14-6-4-8-16(12-14)23(21,22)20-11-10-17-15(13-19(2)3)7-5-9-18(17)20/h4-12H,13H2,1-3H3. The van der Waals surface area contributed by atoms with E-state index in [-0.39, 0.29) is 0 Å². The van der Waals surface area contributed by atoms with Crippen molar-refractivity contribution >= 4 is 20.9 Å². The highest BCUT2D eigenvalue weighted by Gasteiger charge is 2.19. The lowest BCUT2D eigenvalue weighted by molar-refractivity contribution is 0.404. The summed E-state index contributed by atoms with van der Waals surface area (Å²) in [6.45, 7) is 2.66. The topological polar surface area (TPSA) is 42.3 Å². The Bertz CT molecular complexity index is 956. The van der Waals surface area contributed by atoms with Gasteiger partial charge in [-0.15, -0.1) is 0 Å². The number of rotatable bonds is 4. The second-order valence-electron chi connectivity index (χ2n) is 6.02. The molecule has 0 aliphatic carbocycles. The molecule has 0 bridgehead atoms. The molecule has 0 aliphatic rings. The van der Waals surface area contributed by atoms with E-state index in [1.165, 1.54) is 3.97 Å². The lowest BCUT2D eigenvalue weighted by Crippen LogP contribution is -2.13. The van der Waals surface area contributed by atoms with E-state index < -0.39 is 10.0 Å². The Kier molecular flexibility index (Phi) is 4.00. The molecule has 23 heavy (non-hydrogen) atoms. The maximum atomic E-state index is 12.9. The average molecular weight is 328 g/mol. The van der Waals surface area contributed by atoms with Crippen LogP contribution >= 0.6 is 0 Å². The third-order valence-corrected chi connectivity index (χ3v) is 5.51. The predicted molar refractivity (Wildman–Crippen MR) is 93.1 cm³/mol. The van der Waals surface area contributed by atoms with E-state index in [4.69, 9.17) is 0 Å². The lowest BCUT2D eigenvalue weighted by Gasteiger charge is -2.12. The third kappa shape index (κ3) is 2.90. The molecule has 2 aromatic carbocycles. The van der Waals surface area contributed by atoms with E-state index in [1.807, 2.05) is 51.4 Å². The summed E-state index contributed by atoms with van der Waals surface area (Å²) in [5.74, 6) is 0. The average Bonchev–Trinajstić information content (AvgIpc) is 2.92. The Hall–Kier alpha value is -2.11. The van der Waals surface area contributed by atoms with Crippen molar-refractivity contribution in [1.29, 1.82) is 0 Å². The van der Waals surface area contributed by atoms with E-state index in [0.717, 1.165) is 23.1 Å². The second-order valence-corrected chi connectivity index (χ2v) is 7.84. The number of benzene rings is 2. The summed E-state index contributed by atoms with van der Waals surface area (Å²) < 4.78 is 27.3. The molecule has 0 N–H and O–H groups in total. The smallest absolute Gasteiger partial charge is 0.268 e. The van der Waals surface area contributed by atoms with Gasteiger partial charge in [0.25, 0.3) is 10.0 Å². The first-order chi connectivity index (χ1) is 10.9. The molecule has 0 saturated carbocycles. The van der Waals surface area contributed by atoms with Crippen molar-refractivity contribution < 1.29 is 8.42 Å². The van der Waals surface area contributed by atoms with Gasteiger partial charge in [-0.2, -0.15) is 0 Å². The van der Waals surface area contributed by atoms with E-state index in [9.17, 15) is 8.42 Å². The van der Waals surface area contributed by atoms with Crippen molar-refractivity contribution in [1.82, 2.24) is 8.87 Å². The molecule has 0 aliphatic heterocycles. The number of hydrogen-bond donors (Lipinski definition) is 0. The number of aryl methyl sites for hydroxylation is 1. The van der Waals surface area contributed by atoms with Gasteiger partial charge in [0.1, 0.15) is 0 Å². The first-order valence-electron chi connectivity index (χ1n) is 7.45. The molecule has 4 nitrogen and oxygen atoms in total. The van der Waals surface area contributed by atoms with Crippen LogP contribution in [0, 0.1) is 6.92 Å². The van der Waals surface area contributed by atoms with Crippen LogP contribution in [0.4, 0.5) is 0 Å². The zero-order valence-corrected chi connectivity index (χ0v) is 14.3. The van der Waals surface area contributed by atoms with Crippen LogP contribution in [-0.4, -0.2) is 31.4 Å². The Labute approximate surface area is 137 Å². The Morgan fingerprint density at radius 3 is 2.48 bits per heavy atom. The highest BCUT2D eigenvalue weighted by atomic mass is 32.2. The maximum Gasteiger partial charge on any atom is 0.268 e. The molecule has 3 aromatic rings. The number of aromatic nitrogens is 1. The predicted octanol–water partition coefficient (Wildman–Crippen LogP) is 3.25. The van der Waals surface area contributed by atoms with E-state index in [1.54, 1.807) is 24.4 Å². The van der Waals surface area contributed by atoms with Gasteiger partial charge in [-0.25, -0.2) is 12.4 Å². The fourth-order valence-electron chi connectivity index (χ4n) is 2.78. The molecule has 0 unspecified atom stereocenters. The van der Waals surface area contributed by atoms with Gasteiger partial charge < -0.3 is 4.90 Å². The summed E-state index contributed by atoms with van der Waals surface area (Å²) in [7, 11) is 0.412. The zero-order valence-electron chi connectivity index (χ0n) is 13.5. The summed E-state index contributed by atoms with van der Waals surface area (Å²) in [5.41, 5.74) is 2.76. The first-order valence-corrected chi connectivity index (χ1v) is 8.89. The third-order valence-electron chi connectivity index (χ3n) is 3.82. The number of hydrogen-bond acceptors (Lipinski definition) is 3. The second kappa shape index (κ2) is 5.83. The normalized spacial score (nSPS) is 12.2. The van der Waals surface area contributed by atoms with Crippen LogP contribution in [0.15, 0.2) is 59.6 Å². The van der Waals surface area contributed by atoms with Crippen LogP contribution in [0.1, 0.15) is 11.1 Å². The fourth-order valence-corrected chi connectivity index (χ4v) is 4.24. The van der Waals surface area contributed by atoms with Crippen LogP contribution in [-0.2, 0) is 16.6 Å². The molecule has 0 saturated heterocycles. The quantitative estimate of drug-likeness (QED) is 0.738. The van der Waals surface area contributed by atoms with Gasteiger partial charge in [-0.05, 0) is 56.4 Å². The summed E-state index contributed by atoms with van der Waals surface area (Å²) in [4.78, 5) is 2.38. The minimum absolute atomic E-state index is 0.313. The van der Waals surface area contributed by atoms with Gasteiger partial charge in [-0.1, -0.05) is 24.3 Å². The molecule has 5 heteroatoms. The van der Waals surface area contributed by atoms with Crippen molar-refractivity contribution in [3.63, 3.8) is 0 Å². The highest BCUT2D eigenvalue weighted by molar-refractivity contribution is 7.90. The van der Waals surface area contributed by atoms with Crippen molar-refractivity contribution in [2.45, 2.75) is 18.4 Å². The van der Waals surface area contributed by atoms with Gasteiger partial charge >= 0.3 is 0 Å². The lowest BCUT2D eigenvalue weighted by atomic mass is 10.1. The molecular weight excluding hydrogens is 308 g/mol. The molecule has 120 valence electrons. The van der Waals surface area contributed by atoms with E-state index in [0.29, 0.717) is 10.4 Å². The van der Waals surface area contributed by atoms with Crippen LogP contribution in [0.3, 0.4) is 0 Å². The molecule has 0 amide bonds. The minimum Gasteiger partial charge on any atom is -0.305 e. The van der Waals surface area contributed by atoms with Crippen molar-refractivity contribution in [3.05, 3.63) is 65.9 Å². The molecule has 1 aromatic heterocycles. The van der Waals surface area contributed by atoms with Gasteiger partial charge in [0.05, 0.1) is 10.4 Å². The fraction of sp³-hybridized carbons (Fsp3) is 0.222. The van der Waals surface area contributed by atoms with Crippen LogP contribution in [0.2, 0.25) is 0 Å². The monoisotopic (exact) mass is 328 g/mol. The Balaban J connectivity index is 2.17. The van der Waals surface area contributed by atoms with Crippen molar-refractivity contribution in [3.8, 4) is 0 Å². The Morgan fingerprint density at radius 1 is 1.04 bits per heavy atom. The van der Waals surface area contributed by atoms with Gasteiger partial charge in [0, 0.05) is 18.1 Å². The van der Waals surface area contributed by atoms with Gasteiger partial charge in [0.2, 0.25) is 0 Å². The Morgan fingerprint density at radius 2 is 1.78 bits per heavy atom. The SMILES string of the molecule is Cc1cccc(S(=O)(=O)n2ccc3c(CN(C)C)cccc32)c1. The molecule has 0 atom stereocenters. The van der Waals surface area contributed by atoms with Crippen LogP contribution < -0.4 is 0 Å². The summed E-state index contributed by atoms with van der Waals surface area (Å²) in [6.07, 6.45) is 1.64. The van der Waals surface area contributed by atoms with Gasteiger partial charge in [0.15, 0.2) is 0 Å². The van der Waals surface area contributed by atoms with E-state index >= 15 is 0 Å². The summed E-state index contributed by atoms with van der Waals surface area (Å²) in [5, 5.41) is 0.970. The summed E-state index contributed by atoms with van der Waals surface area (Å²) >= 11 is 0. The van der Waals surface area contributed by atoms with Crippen molar-refractivity contribution in [2.75, 3.05) is 14.1 Å². The molecule has 0 radical (unpaired) electrons. The highest BCUT2D eigenvalue weighted by Crippen LogP contribution is 2.25. The number of fused-ring (bicyclic) bond motifs is 1. The minimum atomic E-state index is -3.59. The van der Waals surface area contributed by atoms with Gasteiger partial charge in [-0.3, -0.25) is 0 Å². The molecule has 0 spiro atoms. The first kappa shape index (κ1) is 15.8. The number of nitrogens with zero attached hydrogens (tertiary/aromatic N) is 2. The molecule has 1 heterocycles. The summed E-state index contributed by atoms with van der Waals surface area (Å²) in [6, 6.07) is 14.7. The maximum absolute atomic E-state index is 12.9. The van der Waals surface area contributed by atoms with Crippen molar-refractivity contribution in [2.24, 2.45) is 0 Å². The molecule has 0 fully saturated rings. The van der Waals surface area contributed by atoms with E-state index in [2.05, 4.69) is 4.90 Å². The largest absolute Gasteiger partial charge is 0.305 e. The van der Waals surface area contributed by atoms with Crippen LogP contribution in [0.25, 0.3) is 10.9 Å².